The van der Waals surface area contributed by atoms with Crippen LogP contribution < -0.4 is 0 Å². The Morgan fingerprint density at radius 3 is 2.47 bits per heavy atom. The average molecular weight is 222 g/mol. The van der Waals surface area contributed by atoms with Gasteiger partial charge in [-0.05, 0) is 24.1 Å². The Balaban J connectivity index is 2.86. The molecule has 0 heterocycles. The zero-order valence-corrected chi connectivity index (χ0v) is 7.98. The molecule has 1 N–H and O–H groups in total. The normalized spacial score (nSPS) is 14.0. The van der Waals surface area contributed by atoms with Crippen LogP contribution in [0.15, 0.2) is 18.2 Å². The van der Waals surface area contributed by atoms with Gasteiger partial charge in [0.05, 0.1) is 0 Å². The maximum Gasteiger partial charge on any atom is 0.414 e. The molecule has 1 aromatic rings. The summed E-state index contributed by atoms with van der Waals surface area (Å²) in [6.45, 7) is 1.38. The molecule has 0 fully saturated rings. The Hall–Kier alpha value is -1.10. The second kappa shape index (κ2) is 4.18. The molecular formula is C10H10F4O. The molecule has 0 aliphatic heterocycles. The predicted molar refractivity (Wildman–Crippen MR) is 46.9 cm³/mol. The second-order valence-corrected chi connectivity index (χ2v) is 3.29. The standard InChI is InChI=1S/C10H10F4O/c1-6-7(3-2-4-8(6)11)5-9(15)10(12,13)14/h2-4,9,15H,5H2,1H3. The van der Waals surface area contributed by atoms with E-state index in [4.69, 9.17) is 5.11 Å². The van der Waals surface area contributed by atoms with Gasteiger partial charge in [-0.3, -0.25) is 0 Å². The van der Waals surface area contributed by atoms with E-state index in [0.717, 1.165) is 0 Å². The monoisotopic (exact) mass is 222 g/mol. The summed E-state index contributed by atoms with van der Waals surface area (Å²) in [4.78, 5) is 0. The second-order valence-electron chi connectivity index (χ2n) is 3.29. The fourth-order valence-corrected chi connectivity index (χ4v) is 1.20. The van der Waals surface area contributed by atoms with Gasteiger partial charge in [-0.1, -0.05) is 12.1 Å². The van der Waals surface area contributed by atoms with Crippen LogP contribution >= 0.6 is 0 Å². The highest BCUT2D eigenvalue weighted by Crippen LogP contribution is 2.24. The molecule has 0 aromatic heterocycles. The lowest BCUT2D eigenvalue weighted by Gasteiger charge is -2.15. The fraction of sp³-hybridized carbons (Fsp3) is 0.400. The van der Waals surface area contributed by atoms with Crippen molar-refractivity contribution in [1.82, 2.24) is 0 Å². The molecule has 0 aliphatic rings. The summed E-state index contributed by atoms with van der Waals surface area (Å²) in [6.07, 6.45) is -7.73. The quantitative estimate of drug-likeness (QED) is 0.762. The summed E-state index contributed by atoms with van der Waals surface area (Å²) >= 11 is 0. The molecule has 1 unspecified atom stereocenters. The van der Waals surface area contributed by atoms with Crippen molar-refractivity contribution in [3.63, 3.8) is 0 Å². The first kappa shape index (κ1) is 12.0. The Bertz CT molecular complexity index is 346. The lowest BCUT2D eigenvalue weighted by Crippen LogP contribution is -2.30. The molecule has 0 saturated carbocycles. The molecule has 1 nitrogen and oxygen atoms in total. The van der Waals surface area contributed by atoms with Crippen molar-refractivity contribution in [1.29, 1.82) is 0 Å². The van der Waals surface area contributed by atoms with Gasteiger partial charge in [0.25, 0.3) is 0 Å². The predicted octanol–water partition coefficient (Wildman–Crippen LogP) is 2.60. The summed E-state index contributed by atoms with van der Waals surface area (Å²) < 4.78 is 49.0. The lowest BCUT2D eigenvalue weighted by molar-refractivity contribution is -0.203. The van der Waals surface area contributed by atoms with Crippen LogP contribution in [0.1, 0.15) is 11.1 Å². The fourth-order valence-electron chi connectivity index (χ4n) is 1.20. The van der Waals surface area contributed by atoms with Crippen molar-refractivity contribution in [2.45, 2.75) is 25.6 Å². The third-order valence-corrected chi connectivity index (χ3v) is 2.17. The molecule has 0 bridgehead atoms. The zero-order valence-electron chi connectivity index (χ0n) is 7.98. The van der Waals surface area contributed by atoms with Gasteiger partial charge in [0.15, 0.2) is 6.10 Å². The minimum absolute atomic E-state index is 0.140. The van der Waals surface area contributed by atoms with Gasteiger partial charge in [-0.15, -0.1) is 0 Å². The van der Waals surface area contributed by atoms with Crippen molar-refractivity contribution in [2.24, 2.45) is 0 Å². The summed E-state index contributed by atoms with van der Waals surface area (Å²) in [5.74, 6) is -0.568. The van der Waals surface area contributed by atoms with Gasteiger partial charge in [0.2, 0.25) is 0 Å². The van der Waals surface area contributed by atoms with Crippen LogP contribution in [0.25, 0.3) is 0 Å². The lowest BCUT2D eigenvalue weighted by atomic mass is 10.0. The topological polar surface area (TPSA) is 20.2 Å². The first-order valence-corrected chi connectivity index (χ1v) is 4.31. The highest BCUT2D eigenvalue weighted by molar-refractivity contribution is 5.27. The Labute approximate surface area is 84.3 Å². The molecule has 5 heteroatoms. The van der Waals surface area contributed by atoms with Crippen molar-refractivity contribution < 1.29 is 22.7 Å². The number of hydrogen-bond donors (Lipinski definition) is 1. The molecule has 15 heavy (non-hydrogen) atoms. The van der Waals surface area contributed by atoms with Gasteiger partial charge in [-0.2, -0.15) is 13.2 Å². The van der Waals surface area contributed by atoms with E-state index in [1.807, 2.05) is 0 Å². The van der Waals surface area contributed by atoms with Crippen LogP contribution in [0.3, 0.4) is 0 Å². The maximum atomic E-state index is 13.0. The van der Waals surface area contributed by atoms with Crippen LogP contribution in [-0.4, -0.2) is 17.4 Å². The number of benzene rings is 1. The van der Waals surface area contributed by atoms with Crippen molar-refractivity contribution in [2.75, 3.05) is 0 Å². The van der Waals surface area contributed by atoms with Crippen LogP contribution in [0.5, 0.6) is 0 Å². The Morgan fingerprint density at radius 1 is 1.33 bits per heavy atom. The molecule has 0 saturated heterocycles. The van der Waals surface area contributed by atoms with Crippen LogP contribution in [0.4, 0.5) is 17.6 Å². The molecule has 0 radical (unpaired) electrons. The van der Waals surface area contributed by atoms with E-state index in [1.165, 1.54) is 25.1 Å². The first-order chi connectivity index (χ1) is 6.82. The van der Waals surface area contributed by atoms with Crippen LogP contribution in [-0.2, 0) is 6.42 Å². The molecule has 0 spiro atoms. The van der Waals surface area contributed by atoms with E-state index in [2.05, 4.69) is 0 Å². The smallest absolute Gasteiger partial charge is 0.383 e. The van der Waals surface area contributed by atoms with E-state index in [0.29, 0.717) is 0 Å². The largest absolute Gasteiger partial charge is 0.414 e. The van der Waals surface area contributed by atoms with E-state index in [1.54, 1.807) is 0 Å². The molecule has 1 atom stereocenters. The minimum atomic E-state index is -4.67. The number of aliphatic hydroxyl groups is 1. The number of hydrogen-bond acceptors (Lipinski definition) is 1. The molecular weight excluding hydrogens is 212 g/mol. The third kappa shape index (κ3) is 2.92. The van der Waals surface area contributed by atoms with Gasteiger partial charge in [0, 0.05) is 6.42 Å². The summed E-state index contributed by atoms with van der Waals surface area (Å²) in [5.41, 5.74) is 0.306. The summed E-state index contributed by atoms with van der Waals surface area (Å²) in [6, 6.07) is 3.85. The van der Waals surface area contributed by atoms with E-state index in [-0.39, 0.29) is 11.1 Å². The van der Waals surface area contributed by atoms with Crippen molar-refractivity contribution in [3.8, 4) is 0 Å². The highest BCUT2D eigenvalue weighted by Gasteiger charge is 2.38. The Kier molecular flexibility index (Phi) is 3.34. The van der Waals surface area contributed by atoms with Gasteiger partial charge >= 0.3 is 6.18 Å². The number of halogens is 4. The van der Waals surface area contributed by atoms with Crippen molar-refractivity contribution >= 4 is 0 Å². The third-order valence-electron chi connectivity index (χ3n) is 2.17. The zero-order chi connectivity index (χ0) is 11.6. The molecule has 1 aromatic carbocycles. The highest BCUT2D eigenvalue weighted by atomic mass is 19.4. The average Bonchev–Trinajstić information content (AvgIpc) is 2.11. The number of alkyl halides is 3. The summed E-state index contributed by atoms with van der Waals surface area (Å²) in [5, 5.41) is 8.81. The van der Waals surface area contributed by atoms with Gasteiger partial charge in [0.1, 0.15) is 5.82 Å². The first-order valence-electron chi connectivity index (χ1n) is 4.31. The molecule has 1 rings (SSSR count). The van der Waals surface area contributed by atoms with Crippen molar-refractivity contribution in [3.05, 3.63) is 35.1 Å². The van der Waals surface area contributed by atoms with E-state index < -0.39 is 24.5 Å². The van der Waals surface area contributed by atoms with E-state index >= 15 is 0 Å². The Morgan fingerprint density at radius 2 is 1.93 bits per heavy atom. The molecule has 0 amide bonds. The molecule has 0 aliphatic carbocycles. The van der Waals surface area contributed by atoms with Gasteiger partial charge < -0.3 is 5.11 Å². The van der Waals surface area contributed by atoms with Crippen LogP contribution in [0, 0.1) is 12.7 Å². The maximum absolute atomic E-state index is 13.0. The molecule has 84 valence electrons. The van der Waals surface area contributed by atoms with E-state index in [9.17, 15) is 17.6 Å². The SMILES string of the molecule is Cc1c(F)cccc1CC(O)C(F)(F)F. The van der Waals surface area contributed by atoms with Crippen LogP contribution in [0.2, 0.25) is 0 Å². The number of aliphatic hydroxyl groups excluding tert-OH is 1. The van der Waals surface area contributed by atoms with Gasteiger partial charge in [-0.25, -0.2) is 4.39 Å². The minimum Gasteiger partial charge on any atom is -0.383 e. The number of rotatable bonds is 2. The summed E-state index contributed by atoms with van der Waals surface area (Å²) in [7, 11) is 0.